The van der Waals surface area contributed by atoms with Crippen molar-refractivity contribution in [3.05, 3.63) is 53.6 Å². The smallest absolute Gasteiger partial charge is 0.216 e. The van der Waals surface area contributed by atoms with Crippen molar-refractivity contribution in [1.29, 1.82) is 0 Å². The fourth-order valence-electron chi connectivity index (χ4n) is 2.55. The predicted octanol–water partition coefficient (Wildman–Crippen LogP) is 3.79. The van der Waals surface area contributed by atoms with Gasteiger partial charge in [-0.25, -0.2) is 4.99 Å². The number of benzene rings is 2. The Balaban J connectivity index is 1.88. The number of aryl methyl sites for hydroxylation is 1. The van der Waals surface area contributed by atoms with Crippen LogP contribution in [0.25, 0.3) is 11.1 Å². The second-order valence-corrected chi connectivity index (χ2v) is 5.21. The molecule has 0 saturated carbocycles. The molecule has 3 heteroatoms. The third-order valence-electron chi connectivity index (χ3n) is 3.65. The van der Waals surface area contributed by atoms with Crippen molar-refractivity contribution in [3.8, 4) is 16.9 Å². The summed E-state index contributed by atoms with van der Waals surface area (Å²) in [5, 5.41) is 9.87. The molecule has 21 heavy (non-hydrogen) atoms. The Bertz CT molecular complexity index is 659. The number of hydrogen-bond acceptors (Lipinski definition) is 3. The molecule has 0 atom stereocenters. The first-order chi connectivity index (χ1) is 10.3. The topological polar surface area (TPSA) is 41.8 Å². The molecular weight excluding hydrogens is 262 g/mol. The summed E-state index contributed by atoms with van der Waals surface area (Å²) in [5.41, 5.74) is 4.28. The Morgan fingerprint density at radius 3 is 2.43 bits per heavy atom. The molecule has 0 saturated heterocycles. The Morgan fingerprint density at radius 2 is 1.76 bits per heavy atom. The van der Waals surface area contributed by atoms with Crippen LogP contribution < -0.4 is 0 Å². The zero-order valence-electron chi connectivity index (χ0n) is 12.2. The lowest BCUT2D eigenvalue weighted by Gasteiger charge is -2.08. The summed E-state index contributed by atoms with van der Waals surface area (Å²) in [6.07, 6.45) is 1.91. The van der Waals surface area contributed by atoms with E-state index in [0.717, 1.165) is 47.5 Å². The van der Waals surface area contributed by atoms with Crippen molar-refractivity contribution in [1.82, 2.24) is 0 Å². The molecule has 1 heterocycles. The highest BCUT2D eigenvalue weighted by atomic mass is 16.5. The molecule has 1 aliphatic rings. The summed E-state index contributed by atoms with van der Waals surface area (Å²) in [5.74, 6) is 1.12. The van der Waals surface area contributed by atoms with Gasteiger partial charge in [0, 0.05) is 5.56 Å². The Labute approximate surface area is 124 Å². The number of aliphatic imine (C=N–C) groups is 1. The van der Waals surface area contributed by atoms with Crippen LogP contribution in [0, 0.1) is 0 Å². The van der Waals surface area contributed by atoms with Crippen molar-refractivity contribution >= 4 is 5.90 Å². The first kappa shape index (κ1) is 13.7. The third kappa shape index (κ3) is 2.92. The molecule has 0 aromatic heterocycles. The molecule has 0 spiro atoms. The lowest BCUT2D eigenvalue weighted by molar-refractivity contribution is 0.348. The lowest BCUT2D eigenvalue weighted by Crippen LogP contribution is -2.00. The maximum Gasteiger partial charge on any atom is 0.216 e. The highest BCUT2D eigenvalue weighted by molar-refractivity contribution is 5.95. The molecule has 1 aliphatic heterocycles. The first-order valence-electron chi connectivity index (χ1n) is 7.38. The minimum atomic E-state index is 0.380. The molecule has 2 aromatic rings. The predicted molar refractivity (Wildman–Crippen MR) is 84.9 cm³/mol. The Kier molecular flexibility index (Phi) is 3.91. The van der Waals surface area contributed by atoms with Gasteiger partial charge in [-0.2, -0.15) is 0 Å². The summed E-state index contributed by atoms with van der Waals surface area (Å²) in [4.78, 5) is 4.32. The van der Waals surface area contributed by atoms with E-state index in [0.29, 0.717) is 12.4 Å². The SMILES string of the molecule is CCCc1cc(-c2ccc(C3=NCCO3)cc2)ccc1O. The molecule has 3 nitrogen and oxygen atoms in total. The summed E-state index contributed by atoms with van der Waals surface area (Å²) in [6.45, 7) is 3.54. The number of rotatable bonds is 4. The molecule has 0 unspecified atom stereocenters. The number of phenolic OH excluding ortho intramolecular Hbond substituents is 1. The lowest BCUT2D eigenvalue weighted by atomic mass is 9.99. The molecule has 0 amide bonds. The van der Waals surface area contributed by atoms with Gasteiger partial charge < -0.3 is 9.84 Å². The fraction of sp³-hybridized carbons (Fsp3) is 0.278. The van der Waals surface area contributed by atoms with Gasteiger partial charge in [0.05, 0.1) is 6.54 Å². The van der Waals surface area contributed by atoms with E-state index in [1.807, 2.05) is 18.2 Å². The molecule has 0 radical (unpaired) electrons. The van der Waals surface area contributed by atoms with Gasteiger partial charge in [0.25, 0.3) is 0 Å². The molecular formula is C18H19NO2. The van der Waals surface area contributed by atoms with E-state index in [-0.39, 0.29) is 0 Å². The number of aromatic hydroxyl groups is 1. The van der Waals surface area contributed by atoms with Gasteiger partial charge in [-0.1, -0.05) is 31.5 Å². The standard InChI is InChI=1S/C18H19NO2/c1-2-3-16-12-15(8-9-17(16)20)13-4-6-14(7-5-13)18-19-10-11-21-18/h4-9,12,20H,2-3,10-11H2,1H3. The average Bonchev–Trinajstić information content (AvgIpc) is 3.04. The van der Waals surface area contributed by atoms with Crippen molar-refractivity contribution in [2.45, 2.75) is 19.8 Å². The van der Waals surface area contributed by atoms with Crippen LogP contribution in [0.3, 0.4) is 0 Å². The monoisotopic (exact) mass is 281 g/mol. The quantitative estimate of drug-likeness (QED) is 0.926. The first-order valence-corrected chi connectivity index (χ1v) is 7.38. The van der Waals surface area contributed by atoms with E-state index in [4.69, 9.17) is 4.74 Å². The zero-order valence-corrected chi connectivity index (χ0v) is 12.2. The highest BCUT2D eigenvalue weighted by Gasteiger charge is 2.10. The van der Waals surface area contributed by atoms with E-state index >= 15 is 0 Å². The van der Waals surface area contributed by atoms with Crippen LogP contribution in [0.4, 0.5) is 0 Å². The molecule has 2 aromatic carbocycles. The number of hydrogen-bond donors (Lipinski definition) is 1. The second kappa shape index (κ2) is 6.00. The van der Waals surface area contributed by atoms with Crippen LogP contribution in [-0.4, -0.2) is 24.2 Å². The van der Waals surface area contributed by atoms with E-state index in [1.54, 1.807) is 6.07 Å². The van der Waals surface area contributed by atoms with Crippen LogP contribution in [0.1, 0.15) is 24.5 Å². The van der Waals surface area contributed by atoms with Gasteiger partial charge >= 0.3 is 0 Å². The summed E-state index contributed by atoms with van der Waals surface area (Å²) < 4.78 is 5.47. The summed E-state index contributed by atoms with van der Waals surface area (Å²) >= 11 is 0. The fourth-order valence-corrected chi connectivity index (χ4v) is 2.55. The number of nitrogens with zero attached hydrogens (tertiary/aromatic N) is 1. The van der Waals surface area contributed by atoms with E-state index < -0.39 is 0 Å². The molecule has 1 N–H and O–H groups in total. The molecule has 0 aliphatic carbocycles. The maximum atomic E-state index is 9.87. The van der Waals surface area contributed by atoms with Crippen LogP contribution >= 0.6 is 0 Å². The zero-order chi connectivity index (χ0) is 14.7. The largest absolute Gasteiger partial charge is 0.508 e. The molecule has 0 bridgehead atoms. The second-order valence-electron chi connectivity index (χ2n) is 5.21. The van der Waals surface area contributed by atoms with Crippen molar-refractivity contribution < 1.29 is 9.84 Å². The van der Waals surface area contributed by atoms with Crippen LogP contribution in [0.2, 0.25) is 0 Å². The van der Waals surface area contributed by atoms with Gasteiger partial charge in [-0.3, -0.25) is 0 Å². The highest BCUT2D eigenvalue weighted by Crippen LogP contribution is 2.27. The van der Waals surface area contributed by atoms with Crippen molar-refractivity contribution in [2.24, 2.45) is 4.99 Å². The van der Waals surface area contributed by atoms with Crippen molar-refractivity contribution in [2.75, 3.05) is 13.2 Å². The molecule has 0 fully saturated rings. The summed E-state index contributed by atoms with van der Waals surface area (Å²) in [7, 11) is 0. The maximum absolute atomic E-state index is 9.87. The Morgan fingerprint density at radius 1 is 1.05 bits per heavy atom. The van der Waals surface area contributed by atoms with Gasteiger partial charge in [0.15, 0.2) is 0 Å². The molecule has 3 rings (SSSR count). The van der Waals surface area contributed by atoms with Crippen LogP contribution in [0.15, 0.2) is 47.5 Å². The van der Waals surface area contributed by atoms with E-state index in [9.17, 15) is 5.11 Å². The number of ether oxygens (including phenoxy) is 1. The van der Waals surface area contributed by atoms with Crippen LogP contribution in [0.5, 0.6) is 5.75 Å². The van der Waals surface area contributed by atoms with Crippen molar-refractivity contribution in [3.63, 3.8) is 0 Å². The third-order valence-corrected chi connectivity index (χ3v) is 3.65. The summed E-state index contributed by atoms with van der Waals surface area (Å²) in [6, 6.07) is 14.0. The molecule has 108 valence electrons. The Hall–Kier alpha value is -2.29. The number of phenols is 1. The minimum absolute atomic E-state index is 0.380. The normalized spacial score (nSPS) is 13.9. The van der Waals surface area contributed by atoms with Gasteiger partial charge in [0.1, 0.15) is 12.4 Å². The van der Waals surface area contributed by atoms with E-state index in [1.165, 1.54) is 0 Å². The van der Waals surface area contributed by atoms with Gasteiger partial charge in [-0.05, 0) is 47.4 Å². The average molecular weight is 281 g/mol. The van der Waals surface area contributed by atoms with Crippen LogP contribution in [-0.2, 0) is 11.2 Å². The van der Waals surface area contributed by atoms with Gasteiger partial charge in [0.2, 0.25) is 5.90 Å². The van der Waals surface area contributed by atoms with Gasteiger partial charge in [-0.15, -0.1) is 0 Å². The van der Waals surface area contributed by atoms with E-state index in [2.05, 4.69) is 30.1 Å². The minimum Gasteiger partial charge on any atom is -0.508 e.